The predicted octanol–water partition coefficient (Wildman–Crippen LogP) is 4.67. The van der Waals surface area contributed by atoms with Crippen molar-refractivity contribution in [2.75, 3.05) is 36.0 Å². The molecular formula is C23H20ClN5. The highest BCUT2D eigenvalue weighted by atomic mass is 35.5. The third-order valence-corrected chi connectivity index (χ3v) is 5.49. The van der Waals surface area contributed by atoms with Gasteiger partial charge < -0.3 is 9.80 Å². The first-order chi connectivity index (χ1) is 14.3. The lowest BCUT2D eigenvalue weighted by atomic mass is 10.1. The second-order valence-electron chi connectivity index (χ2n) is 7.08. The molecule has 0 atom stereocenters. The van der Waals surface area contributed by atoms with E-state index >= 15 is 0 Å². The van der Waals surface area contributed by atoms with Crippen molar-refractivity contribution < 1.29 is 0 Å². The van der Waals surface area contributed by atoms with Gasteiger partial charge in [-0.1, -0.05) is 29.8 Å². The van der Waals surface area contributed by atoms with Crippen LogP contribution in [0, 0.1) is 0 Å². The van der Waals surface area contributed by atoms with Crippen LogP contribution in [0.2, 0.25) is 5.02 Å². The summed E-state index contributed by atoms with van der Waals surface area (Å²) >= 11 is 6.17. The molecule has 29 heavy (non-hydrogen) atoms. The Balaban J connectivity index is 1.47. The second-order valence-corrected chi connectivity index (χ2v) is 7.52. The van der Waals surface area contributed by atoms with Gasteiger partial charge in [0, 0.05) is 60.2 Å². The van der Waals surface area contributed by atoms with Gasteiger partial charge in [0.1, 0.15) is 5.82 Å². The van der Waals surface area contributed by atoms with Gasteiger partial charge in [-0.2, -0.15) is 0 Å². The fourth-order valence-corrected chi connectivity index (χ4v) is 3.96. The molecule has 5 nitrogen and oxygen atoms in total. The summed E-state index contributed by atoms with van der Waals surface area (Å²) in [5.41, 5.74) is 3.05. The molecule has 2 aromatic carbocycles. The largest absolute Gasteiger partial charge is 0.368 e. The molecule has 0 N–H and O–H groups in total. The molecular weight excluding hydrogens is 382 g/mol. The molecule has 1 aliphatic rings. The van der Waals surface area contributed by atoms with Gasteiger partial charge >= 0.3 is 0 Å². The SMILES string of the molecule is Clc1cccc(N2CCN(c3nc(-c4cccnc4)nc4ccccc34)CC2)c1. The summed E-state index contributed by atoms with van der Waals surface area (Å²) in [5.74, 6) is 1.70. The van der Waals surface area contributed by atoms with Gasteiger partial charge in [0.05, 0.1) is 5.52 Å². The lowest BCUT2D eigenvalue weighted by Crippen LogP contribution is -2.47. The maximum Gasteiger partial charge on any atom is 0.163 e. The number of para-hydroxylation sites is 1. The van der Waals surface area contributed by atoms with E-state index in [1.54, 1.807) is 6.20 Å². The number of aromatic nitrogens is 3. The van der Waals surface area contributed by atoms with Crippen molar-refractivity contribution in [3.05, 3.63) is 78.1 Å². The van der Waals surface area contributed by atoms with Gasteiger partial charge in [-0.3, -0.25) is 4.98 Å². The van der Waals surface area contributed by atoms with Gasteiger partial charge in [-0.25, -0.2) is 9.97 Å². The lowest BCUT2D eigenvalue weighted by molar-refractivity contribution is 0.649. The van der Waals surface area contributed by atoms with Crippen LogP contribution in [0.3, 0.4) is 0 Å². The maximum atomic E-state index is 6.17. The lowest BCUT2D eigenvalue weighted by Gasteiger charge is -2.37. The van der Waals surface area contributed by atoms with Gasteiger partial charge in [0.25, 0.3) is 0 Å². The molecule has 1 saturated heterocycles. The van der Waals surface area contributed by atoms with E-state index in [9.17, 15) is 0 Å². The smallest absolute Gasteiger partial charge is 0.163 e. The van der Waals surface area contributed by atoms with Crippen molar-refractivity contribution in [2.24, 2.45) is 0 Å². The number of piperazine rings is 1. The molecule has 144 valence electrons. The Labute approximate surface area is 174 Å². The van der Waals surface area contributed by atoms with E-state index in [0.717, 1.165) is 53.5 Å². The number of hydrogen-bond donors (Lipinski definition) is 0. The average molecular weight is 402 g/mol. The summed E-state index contributed by atoms with van der Waals surface area (Å²) in [7, 11) is 0. The minimum atomic E-state index is 0.712. The summed E-state index contributed by atoms with van der Waals surface area (Å²) in [4.78, 5) is 18.7. The zero-order chi connectivity index (χ0) is 19.6. The molecule has 0 unspecified atom stereocenters. The van der Waals surface area contributed by atoms with Crippen LogP contribution >= 0.6 is 11.6 Å². The van der Waals surface area contributed by atoms with Crippen molar-refractivity contribution in [1.29, 1.82) is 0 Å². The Morgan fingerprint density at radius 1 is 0.793 bits per heavy atom. The number of rotatable bonds is 3. The zero-order valence-electron chi connectivity index (χ0n) is 15.9. The van der Waals surface area contributed by atoms with Crippen molar-refractivity contribution in [1.82, 2.24) is 15.0 Å². The molecule has 6 heteroatoms. The Bertz CT molecular complexity index is 1140. The predicted molar refractivity (Wildman–Crippen MR) is 119 cm³/mol. The highest BCUT2D eigenvalue weighted by molar-refractivity contribution is 6.30. The van der Waals surface area contributed by atoms with Crippen LogP contribution in [0.5, 0.6) is 0 Å². The average Bonchev–Trinajstić information content (AvgIpc) is 2.79. The number of halogens is 1. The van der Waals surface area contributed by atoms with Gasteiger partial charge in [-0.15, -0.1) is 0 Å². The van der Waals surface area contributed by atoms with E-state index in [1.165, 1.54) is 5.69 Å². The molecule has 0 bridgehead atoms. The van der Waals surface area contributed by atoms with E-state index < -0.39 is 0 Å². The summed E-state index contributed by atoms with van der Waals surface area (Å²) in [6.45, 7) is 3.61. The molecule has 2 aromatic heterocycles. The number of nitrogens with zero attached hydrogens (tertiary/aromatic N) is 5. The van der Waals surface area contributed by atoms with E-state index in [1.807, 2.05) is 54.7 Å². The Kier molecular flexibility index (Phi) is 4.74. The van der Waals surface area contributed by atoms with Gasteiger partial charge in [0.2, 0.25) is 0 Å². The fraction of sp³-hybridized carbons (Fsp3) is 0.174. The Hall–Kier alpha value is -3.18. The second kappa shape index (κ2) is 7.68. The molecule has 5 rings (SSSR count). The topological polar surface area (TPSA) is 45.2 Å². The number of benzene rings is 2. The first-order valence-electron chi connectivity index (χ1n) is 9.70. The van der Waals surface area contributed by atoms with Crippen molar-refractivity contribution in [2.45, 2.75) is 0 Å². The molecule has 3 heterocycles. The van der Waals surface area contributed by atoms with E-state index in [4.69, 9.17) is 21.6 Å². The summed E-state index contributed by atoms with van der Waals surface area (Å²) in [5, 5.41) is 1.85. The molecule has 0 aliphatic carbocycles. The molecule has 0 amide bonds. The number of pyridine rings is 1. The van der Waals surface area contributed by atoms with E-state index in [0.29, 0.717) is 5.82 Å². The molecule has 1 aliphatic heterocycles. The maximum absolute atomic E-state index is 6.17. The first-order valence-corrected chi connectivity index (χ1v) is 10.1. The highest BCUT2D eigenvalue weighted by Crippen LogP contribution is 2.29. The van der Waals surface area contributed by atoms with Gasteiger partial charge in [-0.05, 0) is 42.5 Å². The third-order valence-electron chi connectivity index (χ3n) is 5.26. The summed E-state index contributed by atoms with van der Waals surface area (Å²) in [6.07, 6.45) is 3.57. The molecule has 0 radical (unpaired) electrons. The Morgan fingerprint density at radius 3 is 2.41 bits per heavy atom. The van der Waals surface area contributed by atoms with Crippen LogP contribution in [0.1, 0.15) is 0 Å². The van der Waals surface area contributed by atoms with Crippen molar-refractivity contribution >= 4 is 34.0 Å². The molecule has 0 spiro atoms. The zero-order valence-corrected chi connectivity index (χ0v) is 16.6. The van der Waals surface area contributed by atoms with Gasteiger partial charge in [0.15, 0.2) is 5.82 Å². The van der Waals surface area contributed by atoms with Crippen molar-refractivity contribution in [3.8, 4) is 11.4 Å². The molecule has 1 fully saturated rings. The summed E-state index contributed by atoms with van der Waals surface area (Å²) in [6, 6.07) is 20.2. The number of fused-ring (bicyclic) bond motifs is 1. The van der Waals surface area contributed by atoms with Crippen LogP contribution in [-0.2, 0) is 0 Å². The number of anilines is 2. The summed E-state index contributed by atoms with van der Waals surface area (Å²) < 4.78 is 0. The molecule has 0 saturated carbocycles. The minimum Gasteiger partial charge on any atom is -0.368 e. The van der Waals surface area contributed by atoms with Crippen LogP contribution in [-0.4, -0.2) is 41.1 Å². The van der Waals surface area contributed by atoms with Crippen molar-refractivity contribution in [3.63, 3.8) is 0 Å². The fourth-order valence-electron chi connectivity index (χ4n) is 3.77. The molecule has 4 aromatic rings. The van der Waals surface area contributed by atoms with Crippen LogP contribution < -0.4 is 9.80 Å². The van der Waals surface area contributed by atoms with E-state index in [2.05, 4.69) is 26.9 Å². The Morgan fingerprint density at radius 2 is 1.62 bits per heavy atom. The van der Waals surface area contributed by atoms with E-state index in [-0.39, 0.29) is 0 Å². The standard InChI is InChI=1S/C23H20ClN5/c24-18-6-3-7-19(15-18)28-11-13-29(14-12-28)23-20-8-1-2-9-21(20)26-22(27-23)17-5-4-10-25-16-17/h1-10,15-16H,11-14H2. The van der Waals surface area contributed by atoms with Crippen LogP contribution in [0.15, 0.2) is 73.1 Å². The minimum absolute atomic E-state index is 0.712. The first kappa shape index (κ1) is 17.9. The number of hydrogen-bond acceptors (Lipinski definition) is 5. The quantitative estimate of drug-likeness (QED) is 0.499. The third kappa shape index (κ3) is 3.61. The van der Waals surface area contributed by atoms with Crippen LogP contribution in [0.25, 0.3) is 22.3 Å². The normalized spacial score (nSPS) is 14.4. The monoisotopic (exact) mass is 401 g/mol. The highest BCUT2D eigenvalue weighted by Gasteiger charge is 2.21. The van der Waals surface area contributed by atoms with Crippen LogP contribution in [0.4, 0.5) is 11.5 Å².